The Labute approximate surface area is 57.3 Å². The van der Waals surface area contributed by atoms with Crippen LogP contribution in [0.15, 0.2) is 0 Å². The topological polar surface area (TPSA) is 35.2 Å². The minimum absolute atomic E-state index is 0.204. The van der Waals surface area contributed by atoms with E-state index in [2.05, 4.69) is 6.92 Å². The van der Waals surface area contributed by atoms with Crippen LogP contribution in [0.2, 0.25) is 0 Å². The van der Waals surface area contributed by atoms with Crippen LogP contribution in [-0.4, -0.2) is 27.3 Å². The molecule has 0 heterocycles. The molecule has 50 valence electrons. The quantitative estimate of drug-likeness (QED) is 0.636. The van der Waals surface area contributed by atoms with Crippen LogP contribution in [0.25, 0.3) is 0 Å². The van der Waals surface area contributed by atoms with Crippen molar-refractivity contribution in [3.05, 3.63) is 0 Å². The SMILES string of the molecule is CCCC(N)[Se]OC. The Bertz CT molecular complexity index is 45.7. The molecule has 0 spiro atoms. The first kappa shape index (κ1) is 8.44. The number of hydrogen-bond donors (Lipinski definition) is 1. The average molecular weight is 182 g/mol. The monoisotopic (exact) mass is 183 g/mol. The molecule has 0 saturated carbocycles. The second-order valence-electron chi connectivity index (χ2n) is 1.59. The van der Waals surface area contributed by atoms with E-state index in [1.54, 1.807) is 7.11 Å². The number of nitrogens with two attached hydrogens (primary N) is 1. The molecule has 0 aromatic rings. The van der Waals surface area contributed by atoms with Crippen LogP contribution in [-0.2, 0) is 3.82 Å². The van der Waals surface area contributed by atoms with Crippen LogP contribution in [0.4, 0.5) is 0 Å². The molecule has 0 aromatic heterocycles. The summed E-state index contributed by atoms with van der Waals surface area (Å²) in [5.74, 6) is 0. The maximum atomic E-state index is 5.60. The van der Waals surface area contributed by atoms with E-state index in [9.17, 15) is 0 Å². The summed E-state index contributed by atoms with van der Waals surface area (Å²) in [4.78, 5) is 0.303. The first-order valence-corrected chi connectivity index (χ1v) is 4.45. The molecule has 3 heteroatoms. The summed E-state index contributed by atoms with van der Waals surface area (Å²) in [5.41, 5.74) is 5.60. The van der Waals surface area contributed by atoms with Crippen molar-refractivity contribution in [2.75, 3.05) is 7.11 Å². The molecule has 0 aromatic carbocycles. The first-order valence-electron chi connectivity index (χ1n) is 2.76. The summed E-state index contributed by atoms with van der Waals surface area (Å²) in [6.07, 6.45) is 2.25. The van der Waals surface area contributed by atoms with E-state index < -0.39 is 0 Å². The van der Waals surface area contributed by atoms with E-state index in [0.717, 1.165) is 12.8 Å². The summed E-state index contributed by atoms with van der Waals surface area (Å²) in [7, 11) is 1.70. The standard InChI is InChI=1S/C5H13NOSe/c1-3-4-5(6)8-7-2/h5H,3-4,6H2,1-2H3. The molecule has 0 aliphatic carbocycles. The van der Waals surface area contributed by atoms with Gasteiger partial charge in [-0.05, 0) is 0 Å². The molecule has 0 aliphatic rings. The zero-order valence-electron chi connectivity index (χ0n) is 5.39. The van der Waals surface area contributed by atoms with E-state index in [1.165, 1.54) is 0 Å². The molecule has 8 heavy (non-hydrogen) atoms. The predicted molar refractivity (Wildman–Crippen MR) is 35.6 cm³/mol. The van der Waals surface area contributed by atoms with Crippen molar-refractivity contribution >= 4 is 15.3 Å². The minimum atomic E-state index is 0.204. The van der Waals surface area contributed by atoms with Gasteiger partial charge < -0.3 is 0 Å². The van der Waals surface area contributed by atoms with Gasteiger partial charge in [-0.2, -0.15) is 0 Å². The molecule has 2 nitrogen and oxygen atoms in total. The van der Waals surface area contributed by atoms with Crippen LogP contribution in [0.3, 0.4) is 0 Å². The first-order chi connectivity index (χ1) is 3.81. The Hall–Kier alpha value is 0.439. The molecule has 0 radical (unpaired) electrons. The fourth-order valence-corrected chi connectivity index (χ4v) is 1.67. The van der Waals surface area contributed by atoms with E-state index >= 15 is 0 Å². The zero-order chi connectivity index (χ0) is 6.41. The van der Waals surface area contributed by atoms with Gasteiger partial charge in [-0.1, -0.05) is 0 Å². The summed E-state index contributed by atoms with van der Waals surface area (Å²) < 4.78 is 4.89. The molecule has 0 fully saturated rings. The molecule has 0 bridgehead atoms. The van der Waals surface area contributed by atoms with Crippen molar-refractivity contribution in [1.82, 2.24) is 0 Å². The van der Waals surface area contributed by atoms with Gasteiger partial charge in [0.2, 0.25) is 0 Å². The molecular weight excluding hydrogens is 169 g/mol. The van der Waals surface area contributed by atoms with Crippen molar-refractivity contribution < 1.29 is 3.82 Å². The number of hydrogen-bond acceptors (Lipinski definition) is 2. The third kappa shape index (κ3) is 4.59. The predicted octanol–water partition coefficient (Wildman–Crippen LogP) is 0.337. The molecule has 0 aliphatic heterocycles. The Balaban J connectivity index is 2.92. The van der Waals surface area contributed by atoms with Crippen molar-refractivity contribution in [3.8, 4) is 0 Å². The van der Waals surface area contributed by atoms with Gasteiger partial charge >= 0.3 is 56.7 Å². The number of rotatable bonds is 4. The van der Waals surface area contributed by atoms with Gasteiger partial charge in [0.25, 0.3) is 0 Å². The summed E-state index contributed by atoms with van der Waals surface area (Å²) >= 11 is 0.204. The normalized spacial score (nSPS) is 13.9. The zero-order valence-corrected chi connectivity index (χ0v) is 7.10. The fraction of sp³-hybridized carbons (Fsp3) is 1.00. The maximum absolute atomic E-state index is 5.60. The Morgan fingerprint density at radius 3 is 2.75 bits per heavy atom. The summed E-state index contributed by atoms with van der Waals surface area (Å²) in [5, 5.41) is 0. The summed E-state index contributed by atoms with van der Waals surface area (Å²) in [6, 6.07) is 0. The van der Waals surface area contributed by atoms with Crippen LogP contribution in [0.5, 0.6) is 0 Å². The van der Waals surface area contributed by atoms with Crippen molar-refractivity contribution in [2.24, 2.45) is 5.73 Å². The van der Waals surface area contributed by atoms with Crippen molar-refractivity contribution in [2.45, 2.75) is 24.7 Å². The van der Waals surface area contributed by atoms with Gasteiger partial charge in [0.05, 0.1) is 0 Å². The third-order valence-corrected chi connectivity index (χ3v) is 2.21. The molecule has 0 amide bonds. The van der Waals surface area contributed by atoms with Gasteiger partial charge in [0.1, 0.15) is 0 Å². The Kier molecular flexibility index (Phi) is 5.88. The van der Waals surface area contributed by atoms with E-state index in [-0.39, 0.29) is 15.3 Å². The van der Waals surface area contributed by atoms with Crippen LogP contribution in [0.1, 0.15) is 19.8 Å². The van der Waals surface area contributed by atoms with Crippen LogP contribution < -0.4 is 5.73 Å². The van der Waals surface area contributed by atoms with Crippen molar-refractivity contribution in [3.63, 3.8) is 0 Å². The molecule has 0 rings (SSSR count). The van der Waals surface area contributed by atoms with Crippen LogP contribution in [0, 0.1) is 0 Å². The van der Waals surface area contributed by atoms with Gasteiger partial charge in [-0.25, -0.2) is 0 Å². The molecule has 1 atom stereocenters. The van der Waals surface area contributed by atoms with Gasteiger partial charge in [0, 0.05) is 0 Å². The molecule has 1 unspecified atom stereocenters. The Morgan fingerprint density at radius 1 is 1.75 bits per heavy atom. The van der Waals surface area contributed by atoms with Crippen LogP contribution >= 0.6 is 0 Å². The van der Waals surface area contributed by atoms with E-state index in [1.807, 2.05) is 0 Å². The molecule has 2 N–H and O–H groups in total. The second kappa shape index (κ2) is 5.57. The average Bonchev–Trinajstić information content (AvgIpc) is 1.68. The van der Waals surface area contributed by atoms with E-state index in [0.29, 0.717) is 4.94 Å². The van der Waals surface area contributed by atoms with Gasteiger partial charge in [0.15, 0.2) is 0 Å². The van der Waals surface area contributed by atoms with E-state index in [4.69, 9.17) is 9.55 Å². The van der Waals surface area contributed by atoms with Gasteiger partial charge in [-0.3, -0.25) is 0 Å². The third-order valence-electron chi connectivity index (χ3n) is 0.793. The molecular formula is C5H13NOSe. The van der Waals surface area contributed by atoms with Crippen molar-refractivity contribution in [1.29, 1.82) is 0 Å². The Morgan fingerprint density at radius 2 is 2.38 bits per heavy atom. The summed E-state index contributed by atoms with van der Waals surface area (Å²) in [6.45, 7) is 2.13. The second-order valence-corrected chi connectivity index (χ2v) is 3.96. The molecule has 0 saturated heterocycles. The van der Waals surface area contributed by atoms with Gasteiger partial charge in [-0.15, -0.1) is 0 Å². The fourth-order valence-electron chi connectivity index (χ4n) is 0.456.